The van der Waals surface area contributed by atoms with Crippen molar-refractivity contribution in [2.45, 2.75) is 58.1 Å². The average Bonchev–Trinajstić information content (AvgIpc) is 2.71. The van der Waals surface area contributed by atoms with E-state index in [9.17, 15) is 10.2 Å². The Kier molecular flexibility index (Phi) is 8.73. The number of rotatable bonds is 5. The molecular weight excluding hydrogens is 356 g/mol. The summed E-state index contributed by atoms with van der Waals surface area (Å²) in [5.41, 5.74) is 2.32. The zero-order valence-corrected chi connectivity index (χ0v) is 17.3. The second-order valence-electron chi connectivity index (χ2n) is 8.20. The van der Waals surface area contributed by atoms with Crippen LogP contribution < -0.4 is 4.90 Å². The standard InChI is InChI=1S/C21H34N2O2.CH2O2/c1-3-11-21(16-24)15-23(14-10-20(21)25)19-8-12-22(13-9-19)18-6-4-17(2)5-7-18;2-1-3/h4-7,19-20,24-25H,3,8-16H2,1-2H3;1H,(H,2,3)/t20-,21-;/m0./s1. The lowest BCUT2D eigenvalue weighted by Crippen LogP contribution is -2.57. The fourth-order valence-electron chi connectivity index (χ4n) is 4.72. The molecule has 2 aliphatic heterocycles. The highest BCUT2D eigenvalue weighted by atomic mass is 16.3. The maximum absolute atomic E-state index is 10.5. The Morgan fingerprint density at radius 1 is 1.14 bits per heavy atom. The second kappa shape index (κ2) is 10.8. The van der Waals surface area contributed by atoms with Crippen LogP contribution in [-0.4, -0.2) is 71.6 Å². The minimum absolute atomic E-state index is 0.0979. The van der Waals surface area contributed by atoms with Crippen molar-refractivity contribution < 1.29 is 20.1 Å². The van der Waals surface area contributed by atoms with Gasteiger partial charge < -0.3 is 20.2 Å². The number of piperidine rings is 2. The van der Waals surface area contributed by atoms with E-state index < -0.39 is 0 Å². The summed E-state index contributed by atoms with van der Waals surface area (Å²) < 4.78 is 0. The third kappa shape index (κ3) is 5.46. The van der Waals surface area contributed by atoms with E-state index in [0.717, 1.165) is 58.3 Å². The molecule has 0 saturated carbocycles. The summed E-state index contributed by atoms with van der Waals surface area (Å²) >= 11 is 0. The molecule has 3 N–H and O–H groups in total. The summed E-state index contributed by atoms with van der Waals surface area (Å²) in [4.78, 5) is 13.4. The first kappa shape index (κ1) is 22.7. The van der Waals surface area contributed by atoms with Crippen molar-refractivity contribution >= 4 is 12.2 Å². The Hall–Kier alpha value is -1.63. The molecule has 6 nitrogen and oxygen atoms in total. The lowest BCUT2D eigenvalue weighted by atomic mass is 9.74. The van der Waals surface area contributed by atoms with Crippen molar-refractivity contribution in [1.82, 2.24) is 4.90 Å². The van der Waals surface area contributed by atoms with Gasteiger partial charge in [0.15, 0.2) is 0 Å². The van der Waals surface area contributed by atoms with Crippen molar-refractivity contribution in [2.75, 3.05) is 37.7 Å². The molecule has 0 unspecified atom stereocenters. The van der Waals surface area contributed by atoms with E-state index in [1.165, 1.54) is 11.3 Å². The largest absolute Gasteiger partial charge is 0.483 e. The molecule has 0 aliphatic carbocycles. The van der Waals surface area contributed by atoms with Crippen LogP contribution in [0.2, 0.25) is 0 Å². The average molecular weight is 393 g/mol. The molecule has 6 heteroatoms. The molecule has 2 aliphatic rings. The van der Waals surface area contributed by atoms with Gasteiger partial charge >= 0.3 is 0 Å². The van der Waals surface area contributed by atoms with Gasteiger partial charge in [-0.1, -0.05) is 31.0 Å². The second-order valence-corrected chi connectivity index (χ2v) is 8.20. The number of hydrogen-bond acceptors (Lipinski definition) is 5. The van der Waals surface area contributed by atoms with Gasteiger partial charge in [0, 0.05) is 43.3 Å². The molecule has 0 amide bonds. The van der Waals surface area contributed by atoms with Crippen LogP contribution >= 0.6 is 0 Å². The molecule has 2 atom stereocenters. The number of likely N-dealkylation sites (tertiary alicyclic amines) is 1. The Balaban J connectivity index is 0.000000878. The van der Waals surface area contributed by atoms with Gasteiger partial charge in [-0.15, -0.1) is 0 Å². The Morgan fingerprint density at radius 3 is 2.29 bits per heavy atom. The smallest absolute Gasteiger partial charge is 0.290 e. The quantitative estimate of drug-likeness (QED) is 0.668. The highest BCUT2D eigenvalue weighted by molar-refractivity contribution is 5.47. The number of hydrogen-bond donors (Lipinski definition) is 3. The molecule has 0 spiro atoms. The summed E-state index contributed by atoms with van der Waals surface area (Å²) in [7, 11) is 0. The zero-order chi connectivity index (χ0) is 20.6. The van der Waals surface area contributed by atoms with Crippen LogP contribution in [-0.2, 0) is 4.79 Å². The van der Waals surface area contributed by atoms with Gasteiger partial charge in [0.25, 0.3) is 6.47 Å². The van der Waals surface area contributed by atoms with Gasteiger partial charge in [-0.05, 0) is 44.7 Å². The molecule has 0 radical (unpaired) electrons. The predicted molar refractivity (Wildman–Crippen MR) is 112 cm³/mol. The van der Waals surface area contributed by atoms with E-state index in [4.69, 9.17) is 9.90 Å². The van der Waals surface area contributed by atoms with Crippen molar-refractivity contribution in [3.8, 4) is 0 Å². The number of anilines is 1. The summed E-state index contributed by atoms with van der Waals surface area (Å²) in [5, 5.41) is 27.4. The molecule has 28 heavy (non-hydrogen) atoms. The first-order chi connectivity index (χ1) is 13.5. The van der Waals surface area contributed by atoms with Gasteiger partial charge in [-0.25, -0.2) is 0 Å². The van der Waals surface area contributed by atoms with E-state index in [0.29, 0.717) is 6.04 Å². The first-order valence-corrected chi connectivity index (χ1v) is 10.4. The van der Waals surface area contributed by atoms with Crippen molar-refractivity contribution in [2.24, 2.45) is 5.41 Å². The summed E-state index contributed by atoms with van der Waals surface area (Å²) in [6.07, 6.45) is 4.68. The van der Waals surface area contributed by atoms with Gasteiger partial charge in [0.2, 0.25) is 0 Å². The zero-order valence-electron chi connectivity index (χ0n) is 17.3. The van der Waals surface area contributed by atoms with Crippen LogP contribution in [0, 0.1) is 12.3 Å². The highest BCUT2D eigenvalue weighted by Crippen LogP contribution is 2.37. The molecule has 1 aromatic carbocycles. The van der Waals surface area contributed by atoms with Crippen LogP contribution in [0.5, 0.6) is 0 Å². The molecule has 2 saturated heterocycles. The number of carbonyl (C=O) groups is 1. The van der Waals surface area contributed by atoms with Crippen LogP contribution in [0.25, 0.3) is 0 Å². The Morgan fingerprint density at radius 2 is 1.75 bits per heavy atom. The molecule has 2 fully saturated rings. The monoisotopic (exact) mass is 392 g/mol. The van der Waals surface area contributed by atoms with Crippen molar-refractivity contribution in [3.05, 3.63) is 29.8 Å². The number of carboxylic acid groups (broad SMARTS) is 1. The first-order valence-electron chi connectivity index (χ1n) is 10.4. The van der Waals surface area contributed by atoms with Crippen LogP contribution in [0.4, 0.5) is 5.69 Å². The maximum Gasteiger partial charge on any atom is 0.290 e. The maximum atomic E-state index is 10.5. The van der Waals surface area contributed by atoms with E-state index in [1.54, 1.807) is 0 Å². The topological polar surface area (TPSA) is 84.2 Å². The van der Waals surface area contributed by atoms with Gasteiger partial charge in [-0.2, -0.15) is 0 Å². The number of aryl methyl sites for hydroxylation is 1. The number of benzene rings is 1. The van der Waals surface area contributed by atoms with Crippen molar-refractivity contribution in [3.63, 3.8) is 0 Å². The Bertz CT molecular complexity index is 587. The van der Waals surface area contributed by atoms with E-state index >= 15 is 0 Å². The minimum Gasteiger partial charge on any atom is -0.483 e. The summed E-state index contributed by atoms with van der Waals surface area (Å²) in [6, 6.07) is 9.41. The van der Waals surface area contributed by atoms with Crippen molar-refractivity contribution in [1.29, 1.82) is 0 Å². The van der Waals surface area contributed by atoms with E-state index in [2.05, 4.69) is 47.9 Å². The molecule has 3 rings (SSSR count). The molecule has 2 heterocycles. The summed E-state index contributed by atoms with van der Waals surface area (Å²) in [6.45, 7) is 8.10. The van der Waals surface area contributed by atoms with Gasteiger partial charge in [-0.3, -0.25) is 9.69 Å². The highest BCUT2D eigenvalue weighted by Gasteiger charge is 2.43. The predicted octanol–water partition coefficient (Wildman–Crippen LogP) is 2.51. The van der Waals surface area contributed by atoms with Crippen LogP contribution in [0.15, 0.2) is 24.3 Å². The van der Waals surface area contributed by atoms with Gasteiger partial charge in [0.1, 0.15) is 0 Å². The van der Waals surface area contributed by atoms with Crippen LogP contribution in [0.3, 0.4) is 0 Å². The Labute approximate surface area is 168 Å². The number of nitrogens with zero attached hydrogens (tertiary/aromatic N) is 2. The SMILES string of the molecule is CCC[C@@]1(CO)CN(C2CCN(c3ccc(C)cc3)CC2)CC[C@@H]1O.O=CO. The lowest BCUT2D eigenvalue weighted by Gasteiger charge is -2.49. The van der Waals surface area contributed by atoms with Gasteiger partial charge in [0.05, 0.1) is 12.7 Å². The third-order valence-corrected chi connectivity index (χ3v) is 6.36. The van der Waals surface area contributed by atoms with E-state index in [1.807, 2.05) is 0 Å². The molecular formula is C22H36N2O4. The fourth-order valence-corrected chi connectivity index (χ4v) is 4.72. The minimum atomic E-state index is -0.360. The van der Waals surface area contributed by atoms with E-state index in [-0.39, 0.29) is 24.6 Å². The summed E-state index contributed by atoms with van der Waals surface area (Å²) in [5.74, 6) is 0. The fraction of sp³-hybridized carbons (Fsp3) is 0.682. The molecule has 158 valence electrons. The normalized spacial score (nSPS) is 26.4. The molecule has 0 aromatic heterocycles. The molecule has 0 bridgehead atoms. The van der Waals surface area contributed by atoms with Crippen LogP contribution in [0.1, 0.15) is 44.6 Å². The molecule has 1 aromatic rings. The lowest BCUT2D eigenvalue weighted by molar-refractivity contribution is -0.122. The third-order valence-electron chi connectivity index (χ3n) is 6.36. The number of aliphatic hydroxyl groups is 2. The number of aliphatic hydroxyl groups excluding tert-OH is 2.